The van der Waals surface area contributed by atoms with Gasteiger partial charge in [0, 0.05) is 18.8 Å². The number of methoxy groups -OCH3 is 2. The standard InChI is InChI=1S/C14H17N5O4S2/c1-15-14(24)16-9-4-6-10(7-5-9)25(20,21)19-11-8-12(22-2)18-13(17-11)23-3/h4-8H,1-3H3,(H2,15,16,24)(H,17,18,19). The summed E-state index contributed by atoms with van der Waals surface area (Å²) in [5, 5.41) is 6.09. The van der Waals surface area contributed by atoms with E-state index >= 15 is 0 Å². The molecule has 25 heavy (non-hydrogen) atoms. The summed E-state index contributed by atoms with van der Waals surface area (Å²) in [4.78, 5) is 7.90. The fraction of sp³-hybridized carbons (Fsp3) is 0.214. The van der Waals surface area contributed by atoms with Gasteiger partial charge in [-0.15, -0.1) is 0 Å². The minimum atomic E-state index is -3.84. The molecular formula is C14H17N5O4S2. The number of nitrogens with zero attached hydrogens (tertiary/aromatic N) is 2. The molecule has 0 radical (unpaired) electrons. The van der Waals surface area contributed by atoms with Gasteiger partial charge in [0.15, 0.2) is 10.9 Å². The number of hydrogen-bond acceptors (Lipinski definition) is 7. The largest absolute Gasteiger partial charge is 0.481 e. The smallest absolute Gasteiger partial charge is 0.321 e. The van der Waals surface area contributed by atoms with Gasteiger partial charge in [-0.3, -0.25) is 4.72 Å². The average Bonchev–Trinajstić information content (AvgIpc) is 2.61. The van der Waals surface area contributed by atoms with Gasteiger partial charge in [-0.25, -0.2) is 8.42 Å². The first-order valence-corrected chi connectivity index (χ1v) is 8.86. The predicted octanol–water partition coefficient (Wildman–Crippen LogP) is 1.21. The van der Waals surface area contributed by atoms with Gasteiger partial charge in [0.1, 0.15) is 0 Å². The monoisotopic (exact) mass is 383 g/mol. The molecule has 0 bridgehead atoms. The van der Waals surface area contributed by atoms with Crippen LogP contribution < -0.4 is 24.8 Å². The van der Waals surface area contributed by atoms with E-state index in [9.17, 15) is 8.42 Å². The van der Waals surface area contributed by atoms with Crippen LogP contribution in [0.5, 0.6) is 11.9 Å². The van der Waals surface area contributed by atoms with Crippen molar-refractivity contribution < 1.29 is 17.9 Å². The zero-order chi connectivity index (χ0) is 18.4. The highest BCUT2D eigenvalue weighted by atomic mass is 32.2. The second-order valence-electron chi connectivity index (χ2n) is 4.62. The molecule has 1 heterocycles. The number of aromatic nitrogens is 2. The van der Waals surface area contributed by atoms with E-state index < -0.39 is 10.0 Å². The number of thiocarbonyl (C=S) groups is 1. The number of nitrogens with one attached hydrogen (secondary N) is 3. The van der Waals surface area contributed by atoms with Gasteiger partial charge in [0.2, 0.25) is 5.88 Å². The normalized spacial score (nSPS) is 10.7. The fourth-order valence-corrected chi connectivity index (χ4v) is 2.87. The maximum atomic E-state index is 12.5. The SMILES string of the molecule is CNC(=S)Nc1ccc(S(=O)(=O)Nc2cc(OC)nc(OC)n2)cc1. The maximum absolute atomic E-state index is 12.5. The lowest BCUT2D eigenvalue weighted by atomic mass is 10.3. The Morgan fingerprint density at radius 1 is 1.12 bits per heavy atom. The molecule has 0 saturated carbocycles. The van der Waals surface area contributed by atoms with Gasteiger partial charge in [-0.1, -0.05) is 0 Å². The van der Waals surface area contributed by atoms with Crippen molar-refractivity contribution in [1.29, 1.82) is 0 Å². The topological polar surface area (TPSA) is 114 Å². The summed E-state index contributed by atoms with van der Waals surface area (Å²) in [5.41, 5.74) is 0.656. The number of ether oxygens (including phenoxy) is 2. The Balaban J connectivity index is 2.23. The van der Waals surface area contributed by atoms with E-state index in [1.54, 1.807) is 19.2 Å². The molecule has 0 atom stereocenters. The van der Waals surface area contributed by atoms with E-state index in [1.165, 1.54) is 32.4 Å². The van der Waals surface area contributed by atoms with Gasteiger partial charge < -0.3 is 20.1 Å². The number of anilines is 2. The highest BCUT2D eigenvalue weighted by Crippen LogP contribution is 2.21. The zero-order valence-corrected chi connectivity index (χ0v) is 15.4. The molecule has 2 aromatic rings. The lowest BCUT2D eigenvalue weighted by Gasteiger charge is -2.11. The summed E-state index contributed by atoms with van der Waals surface area (Å²) < 4.78 is 37.2. The molecule has 2 rings (SSSR count). The van der Waals surface area contributed by atoms with Gasteiger partial charge in [-0.2, -0.15) is 9.97 Å². The molecule has 1 aromatic carbocycles. The van der Waals surface area contributed by atoms with Crippen LogP contribution in [-0.2, 0) is 10.0 Å². The molecule has 0 aliphatic carbocycles. The quantitative estimate of drug-likeness (QED) is 0.633. The number of rotatable bonds is 6. The van der Waals surface area contributed by atoms with Crippen molar-refractivity contribution in [3.05, 3.63) is 30.3 Å². The third kappa shape index (κ3) is 4.90. The van der Waals surface area contributed by atoms with E-state index in [-0.39, 0.29) is 22.6 Å². The van der Waals surface area contributed by atoms with Crippen molar-refractivity contribution in [2.75, 3.05) is 31.3 Å². The first kappa shape index (κ1) is 18.7. The third-order valence-electron chi connectivity index (χ3n) is 2.96. The molecule has 9 nitrogen and oxygen atoms in total. The number of benzene rings is 1. The molecule has 3 N–H and O–H groups in total. The molecule has 0 amide bonds. The molecule has 0 fully saturated rings. The zero-order valence-electron chi connectivity index (χ0n) is 13.7. The van der Waals surface area contributed by atoms with Crippen molar-refractivity contribution in [3.8, 4) is 11.9 Å². The van der Waals surface area contributed by atoms with Gasteiger partial charge >= 0.3 is 6.01 Å². The molecule has 134 valence electrons. The first-order valence-electron chi connectivity index (χ1n) is 6.96. The summed E-state index contributed by atoms with van der Waals surface area (Å²) in [5.74, 6) is 0.201. The second-order valence-corrected chi connectivity index (χ2v) is 6.71. The minimum absolute atomic E-state index is 0.0165. The maximum Gasteiger partial charge on any atom is 0.321 e. The van der Waals surface area contributed by atoms with Crippen LogP contribution in [0.2, 0.25) is 0 Å². The predicted molar refractivity (Wildman–Crippen MR) is 97.7 cm³/mol. The number of hydrogen-bond donors (Lipinski definition) is 3. The van der Waals surface area contributed by atoms with Crippen LogP contribution in [0.1, 0.15) is 0 Å². The summed E-state index contributed by atoms with van der Waals surface area (Å²) in [6.07, 6.45) is 0. The lowest BCUT2D eigenvalue weighted by Crippen LogP contribution is -2.24. The van der Waals surface area contributed by atoms with Crippen molar-refractivity contribution in [2.24, 2.45) is 0 Å². The Labute approximate surface area is 150 Å². The average molecular weight is 383 g/mol. The van der Waals surface area contributed by atoms with Crippen LogP contribution in [-0.4, -0.2) is 44.8 Å². The van der Waals surface area contributed by atoms with Crippen LogP contribution in [0, 0.1) is 0 Å². The first-order chi connectivity index (χ1) is 11.9. The van der Waals surface area contributed by atoms with E-state index in [0.29, 0.717) is 10.8 Å². The van der Waals surface area contributed by atoms with Gasteiger partial charge in [0.25, 0.3) is 10.0 Å². The lowest BCUT2D eigenvalue weighted by molar-refractivity contribution is 0.353. The van der Waals surface area contributed by atoms with Crippen LogP contribution in [0.15, 0.2) is 35.2 Å². The summed E-state index contributed by atoms with van der Waals surface area (Å²) in [6.45, 7) is 0. The summed E-state index contributed by atoms with van der Waals surface area (Å²) in [7, 11) is 0.615. The van der Waals surface area contributed by atoms with E-state index in [1.807, 2.05) is 0 Å². The van der Waals surface area contributed by atoms with Crippen LogP contribution >= 0.6 is 12.2 Å². The molecule has 0 aliphatic heterocycles. The molecule has 0 spiro atoms. The Kier molecular flexibility index (Phi) is 5.93. The van der Waals surface area contributed by atoms with Crippen LogP contribution in [0.25, 0.3) is 0 Å². The minimum Gasteiger partial charge on any atom is -0.481 e. The fourth-order valence-electron chi connectivity index (χ4n) is 1.76. The van der Waals surface area contributed by atoms with Crippen molar-refractivity contribution in [1.82, 2.24) is 15.3 Å². The van der Waals surface area contributed by atoms with E-state index in [0.717, 1.165) is 0 Å². The van der Waals surface area contributed by atoms with Crippen molar-refractivity contribution in [3.63, 3.8) is 0 Å². The van der Waals surface area contributed by atoms with Crippen molar-refractivity contribution in [2.45, 2.75) is 4.90 Å². The van der Waals surface area contributed by atoms with Crippen LogP contribution in [0.4, 0.5) is 11.5 Å². The molecule has 1 aromatic heterocycles. The Morgan fingerprint density at radius 3 is 2.36 bits per heavy atom. The highest BCUT2D eigenvalue weighted by molar-refractivity contribution is 7.92. The Bertz CT molecular complexity index is 834. The molecule has 0 aliphatic rings. The summed E-state index contributed by atoms with van der Waals surface area (Å²) in [6, 6.07) is 7.41. The highest BCUT2D eigenvalue weighted by Gasteiger charge is 2.16. The van der Waals surface area contributed by atoms with E-state index in [4.69, 9.17) is 21.7 Å². The van der Waals surface area contributed by atoms with Crippen molar-refractivity contribution >= 4 is 38.9 Å². The van der Waals surface area contributed by atoms with Crippen LogP contribution in [0.3, 0.4) is 0 Å². The van der Waals surface area contributed by atoms with Gasteiger partial charge in [0.05, 0.1) is 19.1 Å². The molecular weight excluding hydrogens is 366 g/mol. The molecule has 0 saturated heterocycles. The molecule has 0 unspecified atom stereocenters. The molecule has 11 heteroatoms. The van der Waals surface area contributed by atoms with E-state index in [2.05, 4.69) is 25.3 Å². The Hall–Kier alpha value is -2.66. The summed E-state index contributed by atoms with van der Waals surface area (Å²) >= 11 is 4.99. The van der Waals surface area contributed by atoms with Gasteiger partial charge in [-0.05, 0) is 36.5 Å². The number of sulfonamides is 1. The second kappa shape index (κ2) is 7.94. The third-order valence-corrected chi connectivity index (χ3v) is 4.64. The Morgan fingerprint density at radius 2 is 1.80 bits per heavy atom.